The Kier molecular flexibility index (Phi) is 6.23. The quantitative estimate of drug-likeness (QED) is 0.817. The maximum absolute atomic E-state index is 12.1. The maximum atomic E-state index is 12.1. The number of hydrogen-bond donors (Lipinski definition) is 2. The molecule has 116 valence electrons. The molecule has 1 atom stereocenters. The summed E-state index contributed by atoms with van der Waals surface area (Å²) >= 11 is 9.09. The van der Waals surface area contributed by atoms with Crippen LogP contribution in [0, 0.1) is 11.3 Å². The van der Waals surface area contributed by atoms with Gasteiger partial charge < -0.3 is 10.4 Å². The molecule has 0 radical (unpaired) electrons. The van der Waals surface area contributed by atoms with Crippen LogP contribution in [0.5, 0.6) is 0 Å². The minimum absolute atomic E-state index is 0.0977. The van der Waals surface area contributed by atoms with E-state index in [0.717, 1.165) is 0 Å². The van der Waals surface area contributed by atoms with Gasteiger partial charge in [-0.25, -0.2) is 0 Å². The van der Waals surface area contributed by atoms with Crippen LogP contribution in [0.3, 0.4) is 0 Å². The Morgan fingerprint density at radius 1 is 1.38 bits per heavy atom. The largest absolute Gasteiger partial charge is 0.481 e. The molecule has 0 heterocycles. The summed E-state index contributed by atoms with van der Waals surface area (Å²) in [6, 6.07) is 4.84. The number of carboxylic acid groups (broad SMARTS) is 1. The van der Waals surface area contributed by atoms with Crippen LogP contribution in [-0.2, 0) is 4.79 Å². The topological polar surface area (TPSA) is 66.4 Å². The van der Waals surface area contributed by atoms with Crippen molar-refractivity contribution in [1.82, 2.24) is 5.32 Å². The molecule has 0 bridgehead atoms. The number of carboxylic acids is 1. The summed E-state index contributed by atoms with van der Waals surface area (Å²) < 4.78 is 0.579. The van der Waals surface area contributed by atoms with E-state index in [2.05, 4.69) is 21.2 Å². The van der Waals surface area contributed by atoms with Gasteiger partial charge in [0.2, 0.25) is 0 Å². The summed E-state index contributed by atoms with van der Waals surface area (Å²) in [7, 11) is 0. The summed E-state index contributed by atoms with van der Waals surface area (Å²) in [4.78, 5) is 23.4. The van der Waals surface area contributed by atoms with Gasteiger partial charge in [-0.15, -0.1) is 0 Å². The van der Waals surface area contributed by atoms with E-state index in [1.165, 1.54) is 0 Å². The molecule has 0 saturated heterocycles. The van der Waals surface area contributed by atoms with Gasteiger partial charge in [0.1, 0.15) is 0 Å². The summed E-state index contributed by atoms with van der Waals surface area (Å²) in [6.07, 6.45) is 0.490. The first-order valence-corrected chi connectivity index (χ1v) is 7.73. The van der Waals surface area contributed by atoms with Crippen LogP contribution in [0.2, 0.25) is 5.02 Å². The van der Waals surface area contributed by atoms with Gasteiger partial charge in [-0.1, -0.05) is 32.4 Å². The van der Waals surface area contributed by atoms with Crippen molar-refractivity contribution in [2.75, 3.05) is 6.54 Å². The summed E-state index contributed by atoms with van der Waals surface area (Å²) in [5.41, 5.74) is 0.313. The number of carbonyl (C=O) groups excluding carboxylic acids is 1. The maximum Gasteiger partial charge on any atom is 0.308 e. The second-order valence-corrected chi connectivity index (χ2v) is 7.42. The highest BCUT2D eigenvalue weighted by Crippen LogP contribution is 2.25. The molecule has 6 heteroatoms. The van der Waals surface area contributed by atoms with Crippen molar-refractivity contribution in [3.63, 3.8) is 0 Å². The molecule has 0 fully saturated rings. The second kappa shape index (κ2) is 7.27. The number of halogens is 2. The third-order valence-corrected chi connectivity index (χ3v) is 3.78. The average molecular weight is 377 g/mol. The lowest BCUT2D eigenvalue weighted by atomic mass is 9.84. The van der Waals surface area contributed by atoms with Crippen LogP contribution in [0.15, 0.2) is 22.7 Å². The Hall–Kier alpha value is -1.07. The van der Waals surface area contributed by atoms with Crippen molar-refractivity contribution in [3.05, 3.63) is 33.3 Å². The zero-order valence-corrected chi connectivity index (χ0v) is 14.6. The van der Waals surface area contributed by atoms with Crippen LogP contribution in [0.4, 0.5) is 0 Å². The minimum atomic E-state index is -0.902. The van der Waals surface area contributed by atoms with Crippen molar-refractivity contribution in [1.29, 1.82) is 0 Å². The van der Waals surface area contributed by atoms with Crippen LogP contribution < -0.4 is 5.32 Å². The number of hydrogen-bond acceptors (Lipinski definition) is 2. The minimum Gasteiger partial charge on any atom is -0.481 e. The second-order valence-electron chi connectivity index (χ2n) is 6.13. The van der Waals surface area contributed by atoms with Crippen molar-refractivity contribution >= 4 is 39.4 Å². The summed E-state index contributed by atoms with van der Waals surface area (Å²) in [5, 5.41) is 12.4. The van der Waals surface area contributed by atoms with Crippen LogP contribution >= 0.6 is 27.5 Å². The molecule has 1 rings (SSSR count). The van der Waals surface area contributed by atoms with Gasteiger partial charge in [0.05, 0.1) is 11.5 Å². The van der Waals surface area contributed by atoms with Gasteiger partial charge in [-0.3, -0.25) is 9.59 Å². The van der Waals surface area contributed by atoms with Gasteiger partial charge in [0.25, 0.3) is 5.91 Å². The zero-order chi connectivity index (χ0) is 16.2. The van der Waals surface area contributed by atoms with E-state index in [-0.39, 0.29) is 17.9 Å². The highest BCUT2D eigenvalue weighted by Gasteiger charge is 2.25. The van der Waals surface area contributed by atoms with Crippen molar-refractivity contribution < 1.29 is 14.7 Å². The number of aliphatic carboxylic acids is 1. The molecular weight excluding hydrogens is 358 g/mol. The fourth-order valence-corrected chi connectivity index (χ4v) is 2.83. The SMILES string of the molecule is CC(C)(C)CC(CNC(=O)c1ccc(Cl)cc1Br)C(=O)O. The smallest absolute Gasteiger partial charge is 0.308 e. The first-order chi connectivity index (χ1) is 9.60. The molecule has 1 amide bonds. The summed E-state index contributed by atoms with van der Waals surface area (Å²) in [5.74, 6) is -1.83. The van der Waals surface area contributed by atoms with Gasteiger partial charge in [-0.2, -0.15) is 0 Å². The van der Waals surface area contributed by atoms with E-state index < -0.39 is 11.9 Å². The number of carbonyl (C=O) groups is 2. The van der Waals surface area contributed by atoms with E-state index in [4.69, 9.17) is 11.6 Å². The summed E-state index contributed by atoms with van der Waals surface area (Å²) in [6.45, 7) is 6.02. The van der Waals surface area contributed by atoms with Gasteiger partial charge >= 0.3 is 5.97 Å². The van der Waals surface area contributed by atoms with Crippen LogP contribution in [0.25, 0.3) is 0 Å². The monoisotopic (exact) mass is 375 g/mol. The van der Waals surface area contributed by atoms with Gasteiger partial charge in [-0.05, 0) is 46.0 Å². The molecule has 1 aromatic rings. The Labute approximate surface area is 138 Å². The highest BCUT2D eigenvalue weighted by molar-refractivity contribution is 9.10. The number of benzene rings is 1. The molecule has 2 N–H and O–H groups in total. The number of rotatable bonds is 5. The van der Waals surface area contributed by atoms with Crippen molar-refractivity contribution in [3.8, 4) is 0 Å². The first-order valence-electron chi connectivity index (χ1n) is 6.56. The molecule has 1 aromatic carbocycles. The third kappa shape index (κ3) is 6.06. The number of nitrogens with one attached hydrogen (secondary N) is 1. The molecule has 0 saturated carbocycles. The molecule has 0 aliphatic heterocycles. The first kappa shape index (κ1) is 18.0. The Bertz CT molecular complexity index is 540. The Morgan fingerprint density at radius 2 is 2.00 bits per heavy atom. The average Bonchev–Trinajstić information content (AvgIpc) is 2.32. The lowest BCUT2D eigenvalue weighted by Gasteiger charge is -2.23. The highest BCUT2D eigenvalue weighted by atomic mass is 79.9. The molecule has 21 heavy (non-hydrogen) atoms. The molecule has 0 aliphatic carbocycles. The van der Waals surface area contributed by atoms with E-state index in [9.17, 15) is 14.7 Å². The lowest BCUT2D eigenvalue weighted by Crippen LogP contribution is -2.35. The standard InChI is InChI=1S/C15H19BrClNO3/c1-15(2,3)7-9(14(20)21)8-18-13(19)11-5-4-10(17)6-12(11)16/h4-6,9H,7-8H2,1-3H3,(H,18,19)(H,20,21). The molecule has 1 unspecified atom stereocenters. The third-order valence-electron chi connectivity index (χ3n) is 2.89. The van der Waals surface area contributed by atoms with Crippen molar-refractivity contribution in [2.24, 2.45) is 11.3 Å². The molecule has 0 aliphatic rings. The van der Waals surface area contributed by atoms with Gasteiger partial charge in [0.15, 0.2) is 0 Å². The zero-order valence-electron chi connectivity index (χ0n) is 12.2. The van der Waals surface area contributed by atoms with E-state index in [0.29, 0.717) is 21.5 Å². The lowest BCUT2D eigenvalue weighted by molar-refractivity contribution is -0.142. The van der Waals surface area contributed by atoms with Gasteiger partial charge in [0, 0.05) is 16.0 Å². The molecular formula is C15H19BrClNO3. The van der Waals surface area contributed by atoms with E-state index >= 15 is 0 Å². The fourth-order valence-electron chi connectivity index (χ4n) is 1.97. The van der Waals surface area contributed by atoms with Crippen molar-refractivity contribution in [2.45, 2.75) is 27.2 Å². The normalized spacial score (nSPS) is 12.8. The predicted molar refractivity (Wildman–Crippen MR) is 86.7 cm³/mol. The number of amides is 1. The molecule has 4 nitrogen and oxygen atoms in total. The molecule has 0 spiro atoms. The predicted octanol–water partition coefficient (Wildman–Crippen LogP) is 3.97. The fraction of sp³-hybridized carbons (Fsp3) is 0.467. The Balaban J connectivity index is 2.71. The van der Waals surface area contributed by atoms with Crippen LogP contribution in [-0.4, -0.2) is 23.5 Å². The van der Waals surface area contributed by atoms with E-state index in [1.54, 1.807) is 18.2 Å². The molecule has 0 aromatic heterocycles. The Morgan fingerprint density at radius 3 is 2.48 bits per heavy atom. The van der Waals surface area contributed by atoms with E-state index in [1.807, 2.05) is 20.8 Å². The van der Waals surface area contributed by atoms with Crippen LogP contribution in [0.1, 0.15) is 37.6 Å².